The van der Waals surface area contributed by atoms with Crippen molar-refractivity contribution >= 4 is 20.1 Å². The fourth-order valence-electron chi connectivity index (χ4n) is 4.64. The molecule has 242 valence electrons. The van der Waals surface area contributed by atoms with E-state index < -0.39 is 31.0 Å². The Hall–Kier alpha value is -3.21. The maximum Gasteiger partial charge on any atom is 0.475 e. The fraction of sp³-hybridized carbons (Fsp3) is 0.586. The number of carbonyl (C=O) groups is 1. The number of nitrogens with zero attached hydrogens (tertiary/aromatic N) is 5. The molecule has 0 saturated carbocycles. The molecule has 44 heavy (non-hydrogen) atoms. The van der Waals surface area contributed by atoms with E-state index in [9.17, 15) is 13.8 Å². The number of phosphoric acid groups is 1. The summed E-state index contributed by atoms with van der Waals surface area (Å²) in [6.45, 7) is 1.10. The van der Waals surface area contributed by atoms with Gasteiger partial charge in [-0.2, -0.15) is 10.4 Å². The lowest BCUT2D eigenvalue weighted by Gasteiger charge is -2.38. The Morgan fingerprint density at radius 1 is 1.11 bits per heavy atom. The largest absolute Gasteiger partial charge is 0.475 e. The number of nitriles is 1. The third-order valence-corrected chi connectivity index (χ3v) is 8.31. The van der Waals surface area contributed by atoms with Crippen LogP contribution in [0.15, 0.2) is 41.7 Å². The lowest BCUT2D eigenvalue weighted by molar-refractivity contribution is -0.144. The van der Waals surface area contributed by atoms with E-state index in [1.807, 2.05) is 6.07 Å². The Morgan fingerprint density at radius 2 is 1.89 bits per heavy atom. The highest BCUT2D eigenvalue weighted by atomic mass is 31.2. The molecule has 2 heterocycles. The molecule has 0 radical (unpaired) electrons. The Morgan fingerprint density at radius 3 is 2.57 bits per heavy atom. The summed E-state index contributed by atoms with van der Waals surface area (Å²) in [5.74, 6) is -2.19. The first kappa shape index (κ1) is 35.3. The van der Waals surface area contributed by atoms with Gasteiger partial charge in [0.2, 0.25) is 0 Å². The SMILES string of the molecule is CCCCCCCCCC(=O)OCCOP(=O)(OCCC#N)OC(CN1C=NCN1)(Cn1cccn1)c1ccc(F)cc1F. The number of halogens is 2. The summed E-state index contributed by atoms with van der Waals surface area (Å²) < 4.78 is 67.4. The first-order chi connectivity index (χ1) is 21.3. The number of aliphatic imine (C=N–C) groups is 1. The van der Waals surface area contributed by atoms with Crippen LogP contribution in [0.2, 0.25) is 0 Å². The monoisotopic (exact) mass is 638 g/mol. The van der Waals surface area contributed by atoms with Crippen LogP contribution >= 0.6 is 7.82 Å². The van der Waals surface area contributed by atoms with Crippen LogP contribution in [0.3, 0.4) is 0 Å². The van der Waals surface area contributed by atoms with Crippen LogP contribution in [-0.2, 0) is 39.8 Å². The van der Waals surface area contributed by atoms with Gasteiger partial charge in [0.1, 0.15) is 36.8 Å². The van der Waals surface area contributed by atoms with Gasteiger partial charge < -0.3 is 4.74 Å². The number of benzene rings is 1. The second kappa shape index (κ2) is 18.6. The quantitative estimate of drug-likeness (QED) is 0.0982. The van der Waals surface area contributed by atoms with Crippen molar-refractivity contribution in [3.05, 3.63) is 53.9 Å². The summed E-state index contributed by atoms with van der Waals surface area (Å²) in [7, 11) is -4.59. The highest BCUT2D eigenvalue weighted by Crippen LogP contribution is 2.56. The number of hydrogen-bond donors (Lipinski definition) is 1. The number of ether oxygens (including phenoxy) is 1. The van der Waals surface area contributed by atoms with E-state index in [1.54, 1.807) is 12.3 Å². The number of rotatable bonds is 22. The predicted molar refractivity (Wildman–Crippen MR) is 158 cm³/mol. The number of carbonyl (C=O) groups excluding carboxylic acids is 1. The molecule has 1 aliphatic rings. The Labute approximate surface area is 256 Å². The topological polar surface area (TPSA) is 140 Å². The molecule has 2 unspecified atom stereocenters. The third kappa shape index (κ3) is 11.7. The molecule has 1 aromatic heterocycles. The smallest absolute Gasteiger partial charge is 0.463 e. The van der Waals surface area contributed by atoms with Gasteiger partial charge in [0.15, 0.2) is 0 Å². The number of unbranched alkanes of at least 4 members (excludes halogenated alkanes) is 6. The van der Waals surface area contributed by atoms with Crippen molar-refractivity contribution in [1.82, 2.24) is 20.2 Å². The van der Waals surface area contributed by atoms with Gasteiger partial charge in [0.25, 0.3) is 0 Å². The maximum absolute atomic E-state index is 15.4. The molecule has 15 heteroatoms. The highest BCUT2D eigenvalue weighted by molar-refractivity contribution is 7.48. The van der Waals surface area contributed by atoms with Gasteiger partial charge >= 0.3 is 13.8 Å². The van der Waals surface area contributed by atoms with Crippen LogP contribution in [0.25, 0.3) is 0 Å². The normalized spacial score (nSPS) is 15.5. The predicted octanol–water partition coefficient (Wildman–Crippen LogP) is 5.62. The molecular formula is C29H41F2N6O6P. The zero-order chi connectivity index (χ0) is 31.7. The van der Waals surface area contributed by atoms with Crippen LogP contribution in [0.5, 0.6) is 0 Å². The molecule has 0 spiro atoms. The minimum Gasteiger partial charge on any atom is -0.463 e. The van der Waals surface area contributed by atoms with Gasteiger partial charge in [-0.3, -0.25) is 33.0 Å². The van der Waals surface area contributed by atoms with E-state index in [2.05, 4.69) is 22.4 Å². The summed E-state index contributed by atoms with van der Waals surface area (Å²) in [6, 6.07) is 6.46. The lowest BCUT2D eigenvalue weighted by atomic mass is 9.92. The first-order valence-corrected chi connectivity index (χ1v) is 16.3. The van der Waals surface area contributed by atoms with Gasteiger partial charge in [-0.15, -0.1) is 0 Å². The van der Waals surface area contributed by atoms with Crippen LogP contribution in [0, 0.1) is 23.0 Å². The van der Waals surface area contributed by atoms with E-state index in [-0.39, 0.29) is 58.0 Å². The molecule has 2 aromatic rings. The summed E-state index contributed by atoms with van der Waals surface area (Å²) >= 11 is 0. The standard InChI is InChI=1S/C29H41F2N6O6P/c1-2-3-4-5-6-7-8-11-28(38)40-18-19-42-44(39,41-17-9-14-32)43-29(21-36-16-10-15-34-36,22-37-24-33-23-35-37)26-13-12-25(30)20-27(26)31/h10,12-13,15-16,20,24,35H,2-9,11,17-19,21-23H2,1H3. The number of nitrogens with one attached hydrogen (secondary N) is 1. The van der Waals surface area contributed by atoms with E-state index in [1.165, 1.54) is 47.6 Å². The van der Waals surface area contributed by atoms with Crippen LogP contribution in [0.1, 0.15) is 70.3 Å². The van der Waals surface area contributed by atoms with Gasteiger partial charge in [0.05, 0.1) is 38.8 Å². The molecule has 0 saturated heterocycles. The zero-order valence-electron chi connectivity index (χ0n) is 25.0. The van der Waals surface area contributed by atoms with Crippen molar-refractivity contribution in [2.75, 3.05) is 33.0 Å². The molecule has 0 bridgehead atoms. The van der Waals surface area contributed by atoms with Gasteiger partial charge in [-0.05, 0) is 18.6 Å². The summed E-state index contributed by atoms with van der Waals surface area (Å²) in [6.07, 6.45) is 12.1. The Balaban J connectivity index is 1.76. The van der Waals surface area contributed by atoms with E-state index in [0.717, 1.165) is 25.3 Å². The highest BCUT2D eigenvalue weighted by Gasteiger charge is 2.47. The van der Waals surface area contributed by atoms with Crippen molar-refractivity contribution < 1.29 is 36.4 Å². The van der Waals surface area contributed by atoms with Gasteiger partial charge in [-0.1, -0.05) is 51.5 Å². The first-order valence-electron chi connectivity index (χ1n) is 14.8. The van der Waals surface area contributed by atoms with E-state index >= 15 is 4.39 Å². The Bertz CT molecular complexity index is 1280. The Kier molecular flexibility index (Phi) is 14.9. The summed E-state index contributed by atoms with van der Waals surface area (Å²) in [4.78, 5) is 16.3. The van der Waals surface area contributed by atoms with E-state index in [0.29, 0.717) is 12.5 Å². The second-order valence-electron chi connectivity index (χ2n) is 10.3. The van der Waals surface area contributed by atoms with Crippen LogP contribution in [0.4, 0.5) is 8.78 Å². The number of hydrogen-bond acceptors (Lipinski definition) is 11. The second-order valence-corrected chi connectivity index (χ2v) is 11.9. The van der Waals surface area contributed by atoms with Crippen molar-refractivity contribution in [3.8, 4) is 6.07 Å². The van der Waals surface area contributed by atoms with E-state index in [4.69, 9.17) is 23.6 Å². The van der Waals surface area contributed by atoms with Crippen molar-refractivity contribution in [2.45, 2.75) is 76.9 Å². The molecule has 1 aliphatic heterocycles. The molecular weight excluding hydrogens is 597 g/mol. The molecule has 0 aliphatic carbocycles. The number of aromatic nitrogens is 2. The molecule has 0 fully saturated rings. The fourth-order valence-corrected chi connectivity index (χ4v) is 6.07. The van der Waals surface area contributed by atoms with Crippen molar-refractivity contribution in [3.63, 3.8) is 0 Å². The summed E-state index contributed by atoms with van der Waals surface area (Å²) in [5.41, 5.74) is 0.969. The third-order valence-electron chi connectivity index (χ3n) is 6.74. The molecule has 2 atom stereocenters. The van der Waals surface area contributed by atoms with Crippen molar-refractivity contribution in [1.29, 1.82) is 5.26 Å². The average Bonchev–Trinajstić information content (AvgIpc) is 3.69. The van der Waals surface area contributed by atoms with Crippen LogP contribution < -0.4 is 5.43 Å². The van der Waals surface area contributed by atoms with Crippen LogP contribution in [-0.4, -0.2) is 60.1 Å². The molecule has 1 aromatic carbocycles. The maximum atomic E-state index is 15.4. The zero-order valence-corrected chi connectivity index (χ0v) is 25.9. The number of esters is 1. The molecule has 3 rings (SSSR count). The van der Waals surface area contributed by atoms with Gasteiger partial charge in [0, 0.05) is 30.4 Å². The minimum absolute atomic E-state index is 0.137. The molecule has 1 N–H and O–H groups in total. The number of phosphoric ester groups is 1. The number of hydrazine groups is 1. The van der Waals surface area contributed by atoms with Gasteiger partial charge in [-0.25, -0.2) is 18.8 Å². The molecule has 12 nitrogen and oxygen atoms in total. The minimum atomic E-state index is -4.59. The average molecular weight is 639 g/mol. The lowest BCUT2D eigenvalue weighted by Crippen LogP contribution is -2.48. The van der Waals surface area contributed by atoms with Crippen molar-refractivity contribution in [2.24, 2.45) is 4.99 Å². The molecule has 0 amide bonds. The summed E-state index contributed by atoms with van der Waals surface area (Å²) in [5, 5.41) is 14.7.